The van der Waals surface area contributed by atoms with E-state index in [1.165, 1.54) is 7.11 Å². The number of hydrogen-bond acceptors (Lipinski definition) is 2. The summed E-state index contributed by atoms with van der Waals surface area (Å²) in [5.74, 6) is -0.354. The number of allylic oxidation sites excluding steroid dienone is 4. The van der Waals surface area contributed by atoms with Crippen molar-refractivity contribution in [2.24, 2.45) is 11.3 Å². The lowest BCUT2D eigenvalue weighted by Crippen LogP contribution is -2.38. The number of methoxy groups -OCH3 is 1. The monoisotopic (exact) mass is 312 g/mol. The number of esters is 1. The molecule has 0 fully saturated rings. The molecule has 2 nitrogen and oxygen atoms in total. The highest BCUT2D eigenvalue weighted by Gasteiger charge is 2.44. The molecule has 2 atom stereocenters. The first-order valence-electron chi connectivity index (χ1n) is 6.28. The fraction of sp³-hybridized carbons (Fsp3) is 0.533. The summed E-state index contributed by atoms with van der Waals surface area (Å²) in [7, 11) is 1.44. The lowest BCUT2D eigenvalue weighted by atomic mass is 9.66. The van der Waals surface area contributed by atoms with Crippen LogP contribution in [-0.2, 0) is 9.53 Å². The number of hydrogen-bond donors (Lipinski definition) is 0. The summed E-state index contributed by atoms with van der Waals surface area (Å²) >= 11 is 3.65. The first-order valence-corrected chi connectivity index (χ1v) is 7.07. The average molecular weight is 313 g/mol. The van der Waals surface area contributed by atoms with Crippen LogP contribution in [0.4, 0.5) is 0 Å². The van der Waals surface area contributed by atoms with Crippen molar-refractivity contribution in [2.75, 3.05) is 7.11 Å². The zero-order chi connectivity index (χ0) is 13.6. The van der Waals surface area contributed by atoms with Gasteiger partial charge in [-0.15, -0.1) is 13.2 Å². The van der Waals surface area contributed by atoms with E-state index in [4.69, 9.17) is 4.74 Å². The summed E-state index contributed by atoms with van der Waals surface area (Å²) in [5.41, 5.74) is -0.207. The Hall–Kier alpha value is -0.830. The average Bonchev–Trinajstić information content (AvgIpc) is 2.38. The van der Waals surface area contributed by atoms with E-state index in [1.54, 1.807) is 6.08 Å². The maximum atomic E-state index is 12.1. The first kappa shape index (κ1) is 15.2. The van der Waals surface area contributed by atoms with Gasteiger partial charge in [0.1, 0.15) is 0 Å². The fourth-order valence-electron chi connectivity index (χ4n) is 2.77. The third-order valence-electron chi connectivity index (χ3n) is 3.69. The quantitative estimate of drug-likeness (QED) is 0.537. The van der Waals surface area contributed by atoms with Crippen molar-refractivity contribution in [3.63, 3.8) is 0 Å². The van der Waals surface area contributed by atoms with Crippen LogP contribution in [0.25, 0.3) is 0 Å². The molecule has 0 bridgehead atoms. The third kappa shape index (κ3) is 2.94. The molecule has 0 heterocycles. The van der Waals surface area contributed by atoms with E-state index in [2.05, 4.69) is 35.2 Å². The molecule has 3 heteroatoms. The molecule has 1 aliphatic carbocycles. The summed E-state index contributed by atoms with van der Waals surface area (Å²) < 4.78 is 6.08. The Labute approximate surface area is 118 Å². The molecule has 2 unspecified atom stereocenters. The Morgan fingerprint density at radius 2 is 2.33 bits per heavy atom. The van der Waals surface area contributed by atoms with Gasteiger partial charge in [0.15, 0.2) is 0 Å². The van der Waals surface area contributed by atoms with Crippen LogP contribution in [-0.4, -0.2) is 13.1 Å². The van der Waals surface area contributed by atoms with E-state index < -0.39 is 0 Å². The summed E-state index contributed by atoms with van der Waals surface area (Å²) in [6.45, 7) is 7.60. The van der Waals surface area contributed by atoms with Crippen molar-refractivity contribution in [1.82, 2.24) is 0 Å². The normalized spacial score (nSPS) is 24.9. The summed E-state index contributed by atoms with van der Waals surface area (Å²) in [6.07, 6.45) is 10.4. The highest BCUT2D eigenvalue weighted by atomic mass is 79.9. The third-order valence-corrected chi connectivity index (χ3v) is 4.80. The highest BCUT2D eigenvalue weighted by molar-refractivity contribution is 9.11. The van der Waals surface area contributed by atoms with Gasteiger partial charge in [-0.2, -0.15) is 0 Å². The predicted octanol–water partition coefficient (Wildman–Crippen LogP) is 4.38. The molecule has 0 aromatic rings. The molecule has 0 saturated heterocycles. The molecule has 0 aromatic carbocycles. The number of rotatable bonds is 6. The van der Waals surface area contributed by atoms with E-state index >= 15 is 0 Å². The largest absolute Gasteiger partial charge is 0.469 e. The zero-order valence-corrected chi connectivity index (χ0v) is 12.5. The van der Waals surface area contributed by atoms with Crippen LogP contribution in [0.5, 0.6) is 0 Å². The van der Waals surface area contributed by atoms with Crippen molar-refractivity contribution in [3.8, 4) is 0 Å². The number of halogens is 1. The van der Waals surface area contributed by atoms with Crippen molar-refractivity contribution >= 4 is 21.9 Å². The number of carbonyl (C=O) groups excluding carboxylic acids is 1. The molecule has 0 amide bonds. The summed E-state index contributed by atoms with van der Waals surface area (Å²) in [4.78, 5) is 12.1. The van der Waals surface area contributed by atoms with Gasteiger partial charge in [0.25, 0.3) is 0 Å². The van der Waals surface area contributed by atoms with E-state index in [0.717, 1.165) is 30.2 Å². The second-order valence-electron chi connectivity index (χ2n) is 4.69. The van der Waals surface area contributed by atoms with Crippen molar-refractivity contribution in [2.45, 2.75) is 32.1 Å². The SMILES string of the molecule is C=CCC(C(=O)OC)C1(CC=C)CCCC=C1Br. The molecular formula is C15H21BrO2. The van der Waals surface area contributed by atoms with Crippen LogP contribution >= 0.6 is 15.9 Å². The van der Waals surface area contributed by atoms with Crippen LogP contribution in [0.15, 0.2) is 35.9 Å². The molecule has 0 radical (unpaired) electrons. The van der Waals surface area contributed by atoms with E-state index in [1.807, 2.05) is 6.08 Å². The van der Waals surface area contributed by atoms with Crippen LogP contribution in [0.2, 0.25) is 0 Å². The van der Waals surface area contributed by atoms with Crippen LogP contribution in [0, 0.1) is 11.3 Å². The molecule has 0 N–H and O–H groups in total. The predicted molar refractivity (Wildman–Crippen MR) is 78.4 cm³/mol. The molecule has 0 aromatic heterocycles. The topological polar surface area (TPSA) is 26.3 Å². The molecule has 0 aliphatic heterocycles. The van der Waals surface area contributed by atoms with Crippen LogP contribution in [0.1, 0.15) is 32.1 Å². The van der Waals surface area contributed by atoms with Gasteiger partial charge in [-0.05, 0) is 36.6 Å². The molecule has 0 saturated carbocycles. The molecule has 1 rings (SSSR count). The Kier molecular flexibility index (Phi) is 5.86. The lowest BCUT2D eigenvalue weighted by molar-refractivity contribution is -0.149. The smallest absolute Gasteiger partial charge is 0.309 e. The summed E-state index contributed by atoms with van der Waals surface area (Å²) in [6, 6.07) is 0. The molecule has 0 spiro atoms. The minimum Gasteiger partial charge on any atom is -0.469 e. The minimum absolute atomic E-state index is 0.163. The zero-order valence-electron chi connectivity index (χ0n) is 11.0. The van der Waals surface area contributed by atoms with Gasteiger partial charge in [-0.1, -0.05) is 34.2 Å². The fourth-order valence-corrected chi connectivity index (χ4v) is 3.63. The summed E-state index contributed by atoms with van der Waals surface area (Å²) in [5, 5.41) is 0. The van der Waals surface area contributed by atoms with E-state index in [-0.39, 0.29) is 17.3 Å². The maximum Gasteiger partial charge on any atom is 0.309 e. The van der Waals surface area contributed by atoms with Crippen LogP contribution < -0.4 is 0 Å². The number of ether oxygens (including phenoxy) is 1. The second-order valence-corrected chi connectivity index (χ2v) is 5.55. The van der Waals surface area contributed by atoms with E-state index in [9.17, 15) is 4.79 Å². The van der Waals surface area contributed by atoms with Gasteiger partial charge in [0, 0.05) is 5.41 Å². The first-order chi connectivity index (χ1) is 8.62. The minimum atomic E-state index is -0.207. The molecule has 1 aliphatic rings. The van der Waals surface area contributed by atoms with Crippen molar-refractivity contribution < 1.29 is 9.53 Å². The van der Waals surface area contributed by atoms with E-state index in [0.29, 0.717) is 6.42 Å². The molecular weight excluding hydrogens is 292 g/mol. The highest BCUT2D eigenvalue weighted by Crippen LogP contribution is 2.51. The lowest BCUT2D eigenvalue weighted by Gasteiger charge is -2.41. The van der Waals surface area contributed by atoms with Crippen molar-refractivity contribution in [3.05, 3.63) is 35.9 Å². The standard InChI is InChI=1S/C15H21BrO2/c1-4-8-12(14(17)18-3)15(10-5-2)11-7-6-9-13(15)16/h4-5,9,12H,1-2,6-8,10-11H2,3H3. The molecule has 18 heavy (non-hydrogen) atoms. The Morgan fingerprint density at radius 1 is 1.61 bits per heavy atom. The van der Waals surface area contributed by atoms with Gasteiger partial charge in [-0.3, -0.25) is 4.79 Å². The Balaban J connectivity index is 3.17. The Bertz CT molecular complexity index is 360. The number of carbonyl (C=O) groups is 1. The van der Waals surface area contributed by atoms with Gasteiger partial charge >= 0.3 is 5.97 Å². The Morgan fingerprint density at radius 3 is 2.83 bits per heavy atom. The van der Waals surface area contributed by atoms with Gasteiger partial charge in [-0.25, -0.2) is 0 Å². The van der Waals surface area contributed by atoms with Crippen LogP contribution in [0.3, 0.4) is 0 Å². The maximum absolute atomic E-state index is 12.1. The van der Waals surface area contributed by atoms with Gasteiger partial charge in [0.2, 0.25) is 0 Å². The van der Waals surface area contributed by atoms with Gasteiger partial charge in [0.05, 0.1) is 13.0 Å². The van der Waals surface area contributed by atoms with Gasteiger partial charge < -0.3 is 4.74 Å². The molecule has 100 valence electrons. The van der Waals surface area contributed by atoms with Crippen molar-refractivity contribution in [1.29, 1.82) is 0 Å². The second kappa shape index (κ2) is 6.93.